The van der Waals surface area contributed by atoms with Crippen LogP contribution in [0.5, 0.6) is 0 Å². The Morgan fingerprint density at radius 3 is 1.84 bits per heavy atom. The third-order valence-electron chi connectivity index (χ3n) is 5.67. The third-order valence-corrected chi connectivity index (χ3v) is 5.67. The van der Waals surface area contributed by atoms with Crippen LogP contribution in [0.1, 0.15) is 11.1 Å². The lowest BCUT2D eigenvalue weighted by molar-refractivity contribution is 1.29. The average Bonchev–Trinajstić information content (AvgIpc) is 3.09. The highest BCUT2D eigenvalue weighted by molar-refractivity contribution is 6.20. The second-order valence-electron chi connectivity index (χ2n) is 6.94. The first-order valence-electron chi connectivity index (χ1n) is 8.85. The molecule has 0 aromatic heterocycles. The first-order valence-corrected chi connectivity index (χ1v) is 8.85. The molecule has 116 valence electrons. The smallest absolute Gasteiger partial charge is 0.000682 e. The van der Waals surface area contributed by atoms with Crippen LogP contribution < -0.4 is 0 Å². The number of rotatable bonds is 0. The van der Waals surface area contributed by atoms with Crippen LogP contribution in [0.4, 0.5) is 0 Å². The lowest BCUT2D eigenvalue weighted by Gasteiger charge is -2.13. The van der Waals surface area contributed by atoms with Crippen LogP contribution in [0.3, 0.4) is 0 Å². The van der Waals surface area contributed by atoms with Gasteiger partial charge < -0.3 is 0 Å². The molecule has 6 rings (SSSR count). The van der Waals surface area contributed by atoms with Crippen LogP contribution in [-0.4, -0.2) is 0 Å². The summed E-state index contributed by atoms with van der Waals surface area (Å²) < 4.78 is 0. The van der Waals surface area contributed by atoms with Crippen LogP contribution >= 0.6 is 0 Å². The fraction of sp³-hybridized carbons (Fsp3) is 0.0400. The van der Waals surface area contributed by atoms with E-state index >= 15 is 0 Å². The number of hydrogen-bond donors (Lipinski definition) is 0. The highest BCUT2D eigenvalue weighted by Crippen LogP contribution is 2.48. The quantitative estimate of drug-likeness (QED) is 0.273. The van der Waals surface area contributed by atoms with Gasteiger partial charge in [-0.15, -0.1) is 0 Å². The van der Waals surface area contributed by atoms with E-state index in [2.05, 4.69) is 84.9 Å². The van der Waals surface area contributed by atoms with Crippen LogP contribution in [0.25, 0.3) is 43.4 Å². The molecule has 0 unspecified atom stereocenters. The van der Waals surface area contributed by atoms with E-state index in [1.54, 1.807) is 0 Å². The van der Waals surface area contributed by atoms with Crippen LogP contribution in [-0.2, 0) is 6.42 Å². The molecule has 1 aliphatic carbocycles. The van der Waals surface area contributed by atoms with Gasteiger partial charge in [0.05, 0.1) is 0 Å². The monoisotopic (exact) mass is 316 g/mol. The second-order valence-corrected chi connectivity index (χ2v) is 6.94. The van der Waals surface area contributed by atoms with Gasteiger partial charge in [0.2, 0.25) is 0 Å². The van der Waals surface area contributed by atoms with E-state index in [9.17, 15) is 0 Å². The van der Waals surface area contributed by atoms with Crippen LogP contribution in [0.2, 0.25) is 0 Å². The van der Waals surface area contributed by atoms with Crippen molar-refractivity contribution in [2.75, 3.05) is 0 Å². The minimum atomic E-state index is 1.03. The Morgan fingerprint density at radius 2 is 1.04 bits per heavy atom. The zero-order chi connectivity index (χ0) is 16.4. The summed E-state index contributed by atoms with van der Waals surface area (Å²) in [5.41, 5.74) is 5.83. The maximum absolute atomic E-state index is 2.32. The Balaban J connectivity index is 1.90. The standard InChI is InChI=1S/C25H16/c1-2-8-18-16(7-1)13-14-17-15-23-21-11-4-3-9-19(21)20-10-5-6-12-22(20)25(23)24(17)18/h1-14H,15H2. The molecule has 1 aliphatic rings. The SMILES string of the molecule is c1ccc2c3c(ccc2c1)Cc1c-3c2ccccc2c2ccccc12. The molecule has 0 spiro atoms. The number of benzene rings is 5. The van der Waals surface area contributed by atoms with Crippen molar-refractivity contribution in [2.45, 2.75) is 6.42 Å². The van der Waals surface area contributed by atoms with Crippen molar-refractivity contribution in [3.8, 4) is 11.1 Å². The molecule has 0 amide bonds. The molecule has 25 heavy (non-hydrogen) atoms. The summed E-state index contributed by atoms with van der Waals surface area (Å²) in [6.07, 6.45) is 1.03. The van der Waals surface area contributed by atoms with E-state index in [0.717, 1.165) is 6.42 Å². The second kappa shape index (κ2) is 4.70. The summed E-state index contributed by atoms with van der Waals surface area (Å²) in [5, 5.41) is 8.21. The number of fused-ring (bicyclic) bond motifs is 10. The van der Waals surface area contributed by atoms with Crippen molar-refractivity contribution in [1.82, 2.24) is 0 Å². The highest BCUT2D eigenvalue weighted by Gasteiger charge is 2.25. The van der Waals surface area contributed by atoms with Crippen molar-refractivity contribution >= 4 is 32.3 Å². The Labute approximate surface area is 146 Å². The van der Waals surface area contributed by atoms with Crippen molar-refractivity contribution in [2.24, 2.45) is 0 Å². The molecule has 5 aromatic carbocycles. The zero-order valence-electron chi connectivity index (χ0n) is 13.8. The molecular weight excluding hydrogens is 300 g/mol. The summed E-state index contributed by atoms with van der Waals surface area (Å²) >= 11 is 0. The van der Waals surface area contributed by atoms with Gasteiger partial charge in [0, 0.05) is 0 Å². The van der Waals surface area contributed by atoms with E-state index in [-0.39, 0.29) is 0 Å². The molecule has 0 heteroatoms. The predicted octanol–water partition coefficient (Wildman–Crippen LogP) is 6.72. The third kappa shape index (κ3) is 1.66. The van der Waals surface area contributed by atoms with Gasteiger partial charge in [-0.1, -0.05) is 84.9 Å². The molecule has 0 saturated heterocycles. The van der Waals surface area contributed by atoms with E-state index in [1.165, 1.54) is 54.6 Å². The molecule has 0 aliphatic heterocycles. The van der Waals surface area contributed by atoms with Crippen molar-refractivity contribution in [1.29, 1.82) is 0 Å². The molecular formula is C25H16. The maximum atomic E-state index is 2.32. The summed E-state index contributed by atoms with van der Waals surface area (Å²) in [7, 11) is 0. The maximum Gasteiger partial charge on any atom is -0.000682 e. The van der Waals surface area contributed by atoms with Gasteiger partial charge in [-0.3, -0.25) is 0 Å². The minimum absolute atomic E-state index is 1.03. The summed E-state index contributed by atoms with van der Waals surface area (Å²) in [6.45, 7) is 0. The Bertz CT molecular complexity index is 1310. The van der Waals surface area contributed by atoms with Crippen LogP contribution in [0.15, 0.2) is 84.9 Å². The average molecular weight is 316 g/mol. The van der Waals surface area contributed by atoms with Crippen molar-refractivity contribution < 1.29 is 0 Å². The first kappa shape index (κ1) is 13.2. The summed E-state index contributed by atoms with van der Waals surface area (Å²) in [4.78, 5) is 0. The molecule has 0 N–H and O–H groups in total. The van der Waals surface area contributed by atoms with Gasteiger partial charge >= 0.3 is 0 Å². The lowest BCUT2D eigenvalue weighted by atomic mass is 9.90. The van der Waals surface area contributed by atoms with Gasteiger partial charge in [0.1, 0.15) is 0 Å². The Hall–Kier alpha value is -3.12. The molecule has 0 fully saturated rings. The summed E-state index contributed by atoms with van der Waals surface area (Å²) in [5.74, 6) is 0. The highest BCUT2D eigenvalue weighted by atomic mass is 14.3. The van der Waals surface area contributed by atoms with E-state index in [0.29, 0.717) is 0 Å². The molecule has 0 radical (unpaired) electrons. The Kier molecular flexibility index (Phi) is 2.48. The largest absolute Gasteiger partial charge is 0.0616 e. The van der Waals surface area contributed by atoms with Gasteiger partial charge in [-0.25, -0.2) is 0 Å². The molecule has 0 bridgehead atoms. The van der Waals surface area contributed by atoms with Crippen molar-refractivity contribution in [3.63, 3.8) is 0 Å². The van der Waals surface area contributed by atoms with Gasteiger partial charge in [-0.05, 0) is 61.0 Å². The minimum Gasteiger partial charge on any atom is -0.0616 e. The lowest BCUT2D eigenvalue weighted by Crippen LogP contribution is -1.87. The first-order chi connectivity index (χ1) is 12.4. The zero-order valence-corrected chi connectivity index (χ0v) is 13.8. The van der Waals surface area contributed by atoms with Crippen molar-refractivity contribution in [3.05, 3.63) is 96.1 Å². The normalized spacial score (nSPS) is 12.6. The molecule has 0 nitrogen and oxygen atoms in total. The molecule has 0 saturated carbocycles. The Morgan fingerprint density at radius 1 is 0.440 bits per heavy atom. The van der Waals surface area contributed by atoms with Gasteiger partial charge in [0.25, 0.3) is 0 Å². The van der Waals surface area contributed by atoms with E-state index in [1.807, 2.05) is 0 Å². The summed E-state index contributed by atoms with van der Waals surface area (Å²) in [6, 6.07) is 31.1. The molecule has 0 atom stereocenters. The molecule has 5 aromatic rings. The fourth-order valence-corrected chi connectivity index (χ4v) is 4.63. The van der Waals surface area contributed by atoms with E-state index < -0.39 is 0 Å². The molecule has 0 heterocycles. The van der Waals surface area contributed by atoms with Gasteiger partial charge in [-0.2, -0.15) is 0 Å². The number of hydrogen-bond acceptors (Lipinski definition) is 0. The van der Waals surface area contributed by atoms with Crippen LogP contribution in [0, 0.1) is 0 Å². The fourth-order valence-electron chi connectivity index (χ4n) is 4.63. The topological polar surface area (TPSA) is 0 Å². The predicted molar refractivity (Wildman–Crippen MR) is 107 cm³/mol. The van der Waals surface area contributed by atoms with E-state index in [4.69, 9.17) is 0 Å². The van der Waals surface area contributed by atoms with Gasteiger partial charge in [0.15, 0.2) is 0 Å².